The molecule has 7 nitrogen and oxygen atoms in total. The zero-order chi connectivity index (χ0) is 14.1. The van der Waals surface area contributed by atoms with Crippen LogP contribution < -0.4 is 16.2 Å². The molecule has 3 aromatic rings. The van der Waals surface area contributed by atoms with E-state index in [0.29, 0.717) is 11.6 Å². The highest BCUT2D eigenvalue weighted by molar-refractivity contribution is 7.10. The Bertz CT molecular complexity index is 706. The Kier molecular flexibility index (Phi) is 3.25. The van der Waals surface area contributed by atoms with Gasteiger partial charge >= 0.3 is 0 Å². The Morgan fingerprint density at radius 1 is 1.45 bits per heavy atom. The third kappa shape index (κ3) is 2.08. The van der Waals surface area contributed by atoms with Crippen LogP contribution in [0.5, 0.6) is 0 Å². The molecule has 0 spiro atoms. The zero-order valence-electron chi connectivity index (χ0n) is 11.2. The molecule has 20 heavy (non-hydrogen) atoms. The van der Waals surface area contributed by atoms with Crippen molar-refractivity contribution in [2.75, 3.05) is 17.4 Å². The zero-order valence-corrected chi connectivity index (χ0v) is 12.0. The number of hydrogen-bond donors (Lipinski definition) is 3. The number of rotatable bonds is 4. The van der Waals surface area contributed by atoms with Crippen LogP contribution in [0, 0.1) is 0 Å². The average Bonchev–Trinajstić information content (AvgIpc) is 3.15. The minimum absolute atomic E-state index is 0.202. The topological polar surface area (TPSA) is 95.8 Å². The van der Waals surface area contributed by atoms with Crippen LogP contribution in [0.15, 0.2) is 23.7 Å². The summed E-state index contributed by atoms with van der Waals surface area (Å²) >= 11 is 1.72. The minimum Gasteiger partial charge on any atom is -0.351 e. The number of nitrogens with two attached hydrogens (primary N) is 1. The number of nitrogens with one attached hydrogen (secondary N) is 2. The maximum absolute atomic E-state index is 5.42. The standard InChI is InChI=1S/C12H15N7S/c1-7(9-4-3-5-20-9)19(2)11-8-6-14-18-10(8)15-12(16-11)17-13/h3-7H,13H2,1-2H3,(H2,14,15,16,17,18). The number of hydrazine groups is 1. The molecule has 3 heterocycles. The fourth-order valence-corrected chi connectivity index (χ4v) is 2.88. The summed E-state index contributed by atoms with van der Waals surface area (Å²) in [5, 5.41) is 9.80. The van der Waals surface area contributed by atoms with Crippen LogP contribution >= 0.6 is 11.3 Å². The number of fused-ring (bicyclic) bond motifs is 1. The number of anilines is 2. The maximum atomic E-state index is 5.42. The van der Waals surface area contributed by atoms with E-state index < -0.39 is 0 Å². The molecule has 0 saturated heterocycles. The fraction of sp³-hybridized carbons (Fsp3) is 0.250. The molecule has 8 heteroatoms. The van der Waals surface area contributed by atoms with Gasteiger partial charge in [0.2, 0.25) is 5.95 Å². The van der Waals surface area contributed by atoms with Crippen LogP contribution in [0.25, 0.3) is 11.0 Å². The van der Waals surface area contributed by atoms with Crippen LogP contribution in [0.2, 0.25) is 0 Å². The van der Waals surface area contributed by atoms with Gasteiger partial charge in [-0.2, -0.15) is 15.1 Å². The summed E-state index contributed by atoms with van der Waals surface area (Å²) in [6.45, 7) is 2.13. The number of aromatic amines is 1. The van der Waals surface area contributed by atoms with E-state index in [0.717, 1.165) is 11.2 Å². The van der Waals surface area contributed by atoms with Crippen LogP contribution in [0.3, 0.4) is 0 Å². The first-order valence-electron chi connectivity index (χ1n) is 6.14. The van der Waals surface area contributed by atoms with Gasteiger partial charge in [0, 0.05) is 11.9 Å². The van der Waals surface area contributed by atoms with Gasteiger partial charge in [-0.15, -0.1) is 11.3 Å². The van der Waals surface area contributed by atoms with Gasteiger partial charge in [0.25, 0.3) is 0 Å². The molecule has 3 aromatic heterocycles. The lowest BCUT2D eigenvalue weighted by Gasteiger charge is -2.25. The summed E-state index contributed by atoms with van der Waals surface area (Å²) in [5.41, 5.74) is 3.14. The van der Waals surface area contributed by atoms with E-state index in [2.05, 4.69) is 48.9 Å². The van der Waals surface area contributed by atoms with Crippen molar-refractivity contribution in [3.63, 3.8) is 0 Å². The van der Waals surface area contributed by atoms with Gasteiger partial charge in [-0.3, -0.25) is 10.5 Å². The van der Waals surface area contributed by atoms with Crippen molar-refractivity contribution < 1.29 is 0 Å². The Hall–Kier alpha value is -2.19. The van der Waals surface area contributed by atoms with Crippen molar-refractivity contribution in [1.82, 2.24) is 20.2 Å². The Labute approximate surface area is 119 Å². The van der Waals surface area contributed by atoms with E-state index in [9.17, 15) is 0 Å². The van der Waals surface area contributed by atoms with Crippen molar-refractivity contribution >= 4 is 34.1 Å². The lowest BCUT2D eigenvalue weighted by Crippen LogP contribution is -2.23. The smallest absolute Gasteiger partial charge is 0.241 e. The highest BCUT2D eigenvalue weighted by Crippen LogP contribution is 2.31. The van der Waals surface area contributed by atoms with Gasteiger partial charge in [-0.05, 0) is 18.4 Å². The van der Waals surface area contributed by atoms with Gasteiger partial charge in [0.05, 0.1) is 17.6 Å². The molecule has 0 fully saturated rings. The molecule has 0 bridgehead atoms. The molecule has 4 N–H and O–H groups in total. The monoisotopic (exact) mass is 289 g/mol. The molecule has 0 radical (unpaired) electrons. The molecule has 0 aliphatic heterocycles. The van der Waals surface area contributed by atoms with Crippen molar-refractivity contribution in [2.24, 2.45) is 5.84 Å². The molecule has 3 rings (SSSR count). The van der Waals surface area contributed by atoms with Crippen molar-refractivity contribution in [3.05, 3.63) is 28.6 Å². The molecule has 0 aliphatic carbocycles. The van der Waals surface area contributed by atoms with Crippen LogP contribution in [-0.4, -0.2) is 27.2 Å². The van der Waals surface area contributed by atoms with Gasteiger partial charge < -0.3 is 4.90 Å². The number of H-pyrrole nitrogens is 1. The third-order valence-electron chi connectivity index (χ3n) is 3.29. The van der Waals surface area contributed by atoms with Crippen molar-refractivity contribution in [1.29, 1.82) is 0 Å². The number of aromatic nitrogens is 4. The molecule has 1 atom stereocenters. The number of hydrogen-bond acceptors (Lipinski definition) is 7. The van der Waals surface area contributed by atoms with Gasteiger partial charge in [0.1, 0.15) is 5.82 Å². The molecule has 0 aliphatic rings. The average molecular weight is 289 g/mol. The third-order valence-corrected chi connectivity index (χ3v) is 4.33. The predicted molar refractivity (Wildman–Crippen MR) is 80.6 cm³/mol. The summed E-state index contributed by atoms with van der Waals surface area (Å²) in [4.78, 5) is 12.0. The van der Waals surface area contributed by atoms with E-state index in [1.165, 1.54) is 4.88 Å². The molecular formula is C12H15N7S. The van der Waals surface area contributed by atoms with E-state index in [-0.39, 0.29) is 6.04 Å². The molecule has 0 aromatic carbocycles. The predicted octanol–water partition coefficient (Wildman–Crippen LogP) is 1.90. The molecule has 104 valence electrons. The minimum atomic E-state index is 0.202. The SMILES string of the molecule is CC(c1cccs1)N(C)c1nc(NN)nc2[nH]ncc12. The number of thiophene rings is 1. The summed E-state index contributed by atoms with van der Waals surface area (Å²) < 4.78 is 0. The van der Waals surface area contributed by atoms with E-state index >= 15 is 0 Å². The normalized spacial score (nSPS) is 12.6. The lowest BCUT2D eigenvalue weighted by molar-refractivity contribution is 0.745. The van der Waals surface area contributed by atoms with Gasteiger partial charge in [-0.25, -0.2) is 5.84 Å². The second-order valence-electron chi connectivity index (χ2n) is 4.45. The molecule has 0 amide bonds. The molecule has 1 unspecified atom stereocenters. The summed E-state index contributed by atoms with van der Waals surface area (Å²) in [6, 6.07) is 4.36. The largest absolute Gasteiger partial charge is 0.351 e. The highest BCUT2D eigenvalue weighted by atomic mass is 32.1. The Morgan fingerprint density at radius 2 is 2.30 bits per heavy atom. The fourth-order valence-electron chi connectivity index (χ4n) is 2.06. The van der Waals surface area contributed by atoms with Crippen LogP contribution in [0.4, 0.5) is 11.8 Å². The van der Waals surface area contributed by atoms with Crippen LogP contribution in [-0.2, 0) is 0 Å². The van der Waals surface area contributed by atoms with Gasteiger partial charge in [-0.1, -0.05) is 6.07 Å². The number of nitrogens with zero attached hydrogens (tertiary/aromatic N) is 4. The molecular weight excluding hydrogens is 274 g/mol. The first kappa shape index (κ1) is 12.8. The Balaban J connectivity index is 2.06. The lowest BCUT2D eigenvalue weighted by atomic mass is 10.2. The van der Waals surface area contributed by atoms with Crippen molar-refractivity contribution in [2.45, 2.75) is 13.0 Å². The second-order valence-corrected chi connectivity index (χ2v) is 5.43. The quantitative estimate of drug-likeness (QED) is 0.501. The summed E-state index contributed by atoms with van der Waals surface area (Å²) in [6.07, 6.45) is 1.72. The summed E-state index contributed by atoms with van der Waals surface area (Å²) in [5.74, 6) is 6.58. The second kappa shape index (κ2) is 5.06. The molecule has 0 saturated carbocycles. The Morgan fingerprint density at radius 3 is 3.00 bits per heavy atom. The number of nitrogen functional groups attached to an aromatic ring is 1. The summed E-state index contributed by atoms with van der Waals surface area (Å²) in [7, 11) is 2.00. The van der Waals surface area contributed by atoms with Crippen molar-refractivity contribution in [3.8, 4) is 0 Å². The van der Waals surface area contributed by atoms with Crippen LogP contribution in [0.1, 0.15) is 17.8 Å². The van der Waals surface area contributed by atoms with E-state index in [1.807, 2.05) is 13.1 Å². The van der Waals surface area contributed by atoms with E-state index in [1.54, 1.807) is 17.5 Å². The first-order valence-corrected chi connectivity index (χ1v) is 7.02. The maximum Gasteiger partial charge on any atom is 0.241 e. The highest BCUT2D eigenvalue weighted by Gasteiger charge is 2.19. The first-order chi connectivity index (χ1) is 9.70. The van der Waals surface area contributed by atoms with E-state index in [4.69, 9.17) is 5.84 Å². The van der Waals surface area contributed by atoms with Gasteiger partial charge in [0.15, 0.2) is 5.65 Å².